The van der Waals surface area contributed by atoms with Gasteiger partial charge in [-0.15, -0.1) is 0 Å². The Morgan fingerprint density at radius 1 is 1.26 bits per heavy atom. The van der Waals surface area contributed by atoms with Crippen LogP contribution in [0.5, 0.6) is 11.5 Å². The van der Waals surface area contributed by atoms with Crippen LogP contribution in [0.4, 0.5) is 0 Å². The fourth-order valence-corrected chi connectivity index (χ4v) is 2.17. The molecule has 0 aromatic heterocycles. The molecular weight excluding hydrogens is 310 g/mol. The molecule has 0 bridgehead atoms. The lowest BCUT2D eigenvalue weighted by molar-refractivity contribution is 0.0481. The van der Waals surface area contributed by atoms with E-state index in [1.165, 1.54) is 0 Å². The van der Waals surface area contributed by atoms with Crippen LogP contribution in [0.2, 0.25) is 0 Å². The maximum Gasteiger partial charge on any atom is 0.188 e. The van der Waals surface area contributed by atoms with E-state index in [1.807, 2.05) is 19.1 Å². The average Bonchev–Trinajstić information content (AvgIpc) is 2.36. The number of ether oxygens (including phenoxy) is 3. The average molecular weight is 332 g/mol. The van der Waals surface area contributed by atoms with Crippen LogP contribution in [0, 0.1) is 0 Å². The van der Waals surface area contributed by atoms with E-state index in [9.17, 15) is 0 Å². The molecule has 0 atom stereocenters. The lowest BCUT2D eigenvalue weighted by Gasteiger charge is -2.16. The van der Waals surface area contributed by atoms with Crippen molar-refractivity contribution >= 4 is 15.9 Å². The molecule has 0 spiro atoms. The highest BCUT2D eigenvalue weighted by atomic mass is 79.9. The maximum absolute atomic E-state index is 5.62. The smallest absolute Gasteiger partial charge is 0.188 e. The molecule has 1 aromatic rings. The molecule has 0 radical (unpaired) electrons. The van der Waals surface area contributed by atoms with Crippen LogP contribution < -0.4 is 14.8 Å². The first-order valence-corrected chi connectivity index (χ1v) is 7.18. The number of benzene rings is 1. The van der Waals surface area contributed by atoms with Crippen molar-refractivity contribution in [1.82, 2.24) is 5.32 Å². The summed E-state index contributed by atoms with van der Waals surface area (Å²) >= 11 is 3.52. The summed E-state index contributed by atoms with van der Waals surface area (Å²) < 4.78 is 17.0. The van der Waals surface area contributed by atoms with E-state index < -0.39 is 0 Å². The molecule has 0 aliphatic heterocycles. The number of nitrogens with one attached hydrogen (secondary N) is 1. The predicted octanol–water partition coefficient (Wildman–Crippen LogP) is 3.33. The number of hydrogen-bond acceptors (Lipinski definition) is 4. The van der Waals surface area contributed by atoms with Gasteiger partial charge in [0.05, 0.1) is 11.1 Å². The SMILES string of the molecule is CCOc1cc(CNC(C)C)cc(Br)c1OCOC. The van der Waals surface area contributed by atoms with Gasteiger partial charge in [0.15, 0.2) is 18.3 Å². The van der Waals surface area contributed by atoms with Gasteiger partial charge in [0.2, 0.25) is 0 Å². The number of methoxy groups -OCH3 is 1. The highest BCUT2D eigenvalue weighted by molar-refractivity contribution is 9.10. The largest absolute Gasteiger partial charge is 0.490 e. The Kier molecular flexibility index (Phi) is 7.20. The van der Waals surface area contributed by atoms with E-state index in [0.717, 1.165) is 22.3 Å². The monoisotopic (exact) mass is 331 g/mol. The normalized spacial score (nSPS) is 10.8. The van der Waals surface area contributed by atoms with Gasteiger partial charge in [-0.2, -0.15) is 0 Å². The van der Waals surface area contributed by atoms with Crippen LogP contribution in [-0.4, -0.2) is 26.6 Å². The Bertz CT molecular complexity index is 397. The van der Waals surface area contributed by atoms with Crippen molar-refractivity contribution in [2.75, 3.05) is 20.5 Å². The Morgan fingerprint density at radius 3 is 2.58 bits per heavy atom. The molecule has 4 nitrogen and oxygen atoms in total. The second-order valence-corrected chi connectivity index (χ2v) is 5.28. The Hall–Kier alpha value is -0.780. The topological polar surface area (TPSA) is 39.7 Å². The summed E-state index contributed by atoms with van der Waals surface area (Å²) in [6.07, 6.45) is 0. The highest BCUT2D eigenvalue weighted by Crippen LogP contribution is 2.37. The predicted molar refractivity (Wildman–Crippen MR) is 79.8 cm³/mol. The van der Waals surface area contributed by atoms with Crippen LogP contribution >= 0.6 is 15.9 Å². The van der Waals surface area contributed by atoms with Crippen LogP contribution in [-0.2, 0) is 11.3 Å². The second kappa shape index (κ2) is 8.40. The minimum atomic E-state index is 0.197. The fourth-order valence-electron chi connectivity index (χ4n) is 1.57. The fraction of sp³-hybridized carbons (Fsp3) is 0.571. The molecule has 108 valence electrons. The lowest BCUT2D eigenvalue weighted by Crippen LogP contribution is -2.21. The third-order valence-corrected chi connectivity index (χ3v) is 2.99. The van der Waals surface area contributed by atoms with Gasteiger partial charge in [0.1, 0.15) is 0 Å². The molecule has 0 heterocycles. The molecule has 5 heteroatoms. The maximum atomic E-state index is 5.62. The van der Waals surface area contributed by atoms with E-state index in [0.29, 0.717) is 18.4 Å². The van der Waals surface area contributed by atoms with E-state index in [4.69, 9.17) is 14.2 Å². The minimum absolute atomic E-state index is 0.197. The molecule has 0 saturated carbocycles. The van der Waals surface area contributed by atoms with Gasteiger partial charge in [0.25, 0.3) is 0 Å². The van der Waals surface area contributed by atoms with Crippen LogP contribution in [0.15, 0.2) is 16.6 Å². The van der Waals surface area contributed by atoms with Crippen molar-refractivity contribution in [2.24, 2.45) is 0 Å². The number of rotatable bonds is 8. The zero-order valence-electron chi connectivity index (χ0n) is 12.0. The summed E-state index contributed by atoms with van der Waals surface area (Å²) in [5.41, 5.74) is 1.15. The first kappa shape index (κ1) is 16.3. The zero-order valence-corrected chi connectivity index (χ0v) is 13.5. The Morgan fingerprint density at radius 2 is 2.00 bits per heavy atom. The van der Waals surface area contributed by atoms with Crippen molar-refractivity contribution in [1.29, 1.82) is 0 Å². The lowest BCUT2D eigenvalue weighted by atomic mass is 10.2. The molecule has 0 aliphatic carbocycles. The molecule has 0 unspecified atom stereocenters. The quantitative estimate of drug-likeness (QED) is 0.742. The highest BCUT2D eigenvalue weighted by Gasteiger charge is 2.12. The summed E-state index contributed by atoms with van der Waals surface area (Å²) in [6.45, 7) is 7.77. The van der Waals surface area contributed by atoms with Crippen LogP contribution in [0.3, 0.4) is 0 Å². The van der Waals surface area contributed by atoms with Crippen LogP contribution in [0.1, 0.15) is 26.3 Å². The molecule has 0 amide bonds. The van der Waals surface area contributed by atoms with E-state index in [-0.39, 0.29) is 6.79 Å². The first-order chi connectivity index (χ1) is 9.08. The Balaban J connectivity index is 2.92. The molecule has 19 heavy (non-hydrogen) atoms. The van der Waals surface area contributed by atoms with Crippen molar-refractivity contribution in [3.8, 4) is 11.5 Å². The molecule has 0 aliphatic rings. The minimum Gasteiger partial charge on any atom is -0.490 e. The molecule has 0 fully saturated rings. The van der Waals surface area contributed by atoms with E-state index in [2.05, 4.69) is 35.1 Å². The number of halogens is 1. The third kappa shape index (κ3) is 5.38. The summed E-state index contributed by atoms with van der Waals surface area (Å²) in [5.74, 6) is 1.41. The van der Waals surface area contributed by atoms with Gasteiger partial charge < -0.3 is 19.5 Å². The summed E-state index contributed by atoms with van der Waals surface area (Å²) in [6, 6.07) is 4.47. The molecule has 1 aromatic carbocycles. The molecule has 0 saturated heterocycles. The van der Waals surface area contributed by atoms with Crippen molar-refractivity contribution in [3.63, 3.8) is 0 Å². The third-order valence-electron chi connectivity index (χ3n) is 2.40. The molecular formula is C14H22BrNO3. The van der Waals surface area contributed by atoms with Gasteiger partial charge in [-0.25, -0.2) is 0 Å². The summed E-state index contributed by atoms with van der Waals surface area (Å²) in [7, 11) is 1.59. The molecule has 1 rings (SSSR count). The van der Waals surface area contributed by atoms with Crippen LogP contribution in [0.25, 0.3) is 0 Å². The zero-order chi connectivity index (χ0) is 14.3. The van der Waals surface area contributed by atoms with Gasteiger partial charge >= 0.3 is 0 Å². The Labute approximate surface area is 123 Å². The van der Waals surface area contributed by atoms with Crippen molar-refractivity contribution < 1.29 is 14.2 Å². The first-order valence-electron chi connectivity index (χ1n) is 6.38. The second-order valence-electron chi connectivity index (χ2n) is 4.42. The van der Waals surface area contributed by atoms with Gasteiger partial charge in [-0.05, 0) is 40.5 Å². The standard InChI is InChI=1S/C14H22BrNO3/c1-5-18-13-7-11(8-16-10(2)3)6-12(15)14(13)19-9-17-4/h6-7,10,16H,5,8-9H2,1-4H3. The van der Waals surface area contributed by atoms with Crippen molar-refractivity contribution in [3.05, 3.63) is 22.2 Å². The van der Waals surface area contributed by atoms with E-state index in [1.54, 1.807) is 7.11 Å². The van der Waals surface area contributed by atoms with Gasteiger partial charge in [-0.3, -0.25) is 0 Å². The van der Waals surface area contributed by atoms with Gasteiger partial charge in [0, 0.05) is 19.7 Å². The van der Waals surface area contributed by atoms with E-state index >= 15 is 0 Å². The van der Waals surface area contributed by atoms with Gasteiger partial charge in [-0.1, -0.05) is 13.8 Å². The number of hydrogen-bond donors (Lipinski definition) is 1. The summed E-state index contributed by atoms with van der Waals surface area (Å²) in [4.78, 5) is 0. The molecule has 1 N–H and O–H groups in total. The summed E-state index contributed by atoms with van der Waals surface area (Å²) in [5, 5.41) is 3.38. The van der Waals surface area contributed by atoms with Crippen molar-refractivity contribution in [2.45, 2.75) is 33.4 Å².